The van der Waals surface area contributed by atoms with Crippen molar-refractivity contribution in [1.29, 1.82) is 0 Å². The lowest BCUT2D eigenvalue weighted by Crippen LogP contribution is -2.31. The molecular formula is C21H21N5O5. The number of anilines is 1. The van der Waals surface area contributed by atoms with Crippen molar-refractivity contribution in [2.45, 2.75) is 0 Å². The van der Waals surface area contributed by atoms with Crippen LogP contribution in [0.15, 0.2) is 53.7 Å². The number of β-amino-alcohol motifs (C(OH)–C–C–N with tert-alkyl or cyclic N) is 1. The average Bonchev–Trinajstić information content (AvgIpc) is 3.35. The largest absolute Gasteiger partial charge is 0.497 e. The number of carbonyl (C=O) groups excluding carboxylic acids is 2. The van der Waals surface area contributed by atoms with Gasteiger partial charge in [-0.2, -0.15) is 4.80 Å². The van der Waals surface area contributed by atoms with Crippen LogP contribution in [-0.2, 0) is 14.3 Å². The Labute approximate surface area is 177 Å². The second kappa shape index (κ2) is 8.44. The Morgan fingerprint density at radius 2 is 1.87 bits per heavy atom. The van der Waals surface area contributed by atoms with Crippen molar-refractivity contribution < 1.29 is 24.2 Å². The van der Waals surface area contributed by atoms with Gasteiger partial charge < -0.3 is 24.8 Å². The third kappa shape index (κ3) is 3.92. The first-order valence-electron chi connectivity index (χ1n) is 9.54. The lowest BCUT2D eigenvalue weighted by Gasteiger charge is -2.14. The number of aromatic nitrogens is 3. The second-order valence-corrected chi connectivity index (χ2v) is 6.81. The molecule has 0 saturated heterocycles. The van der Waals surface area contributed by atoms with E-state index in [2.05, 4.69) is 15.5 Å². The number of carbonyl (C=O) groups is 2. The molecule has 10 heteroatoms. The second-order valence-electron chi connectivity index (χ2n) is 6.81. The van der Waals surface area contributed by atoms with Crippen LogP contribution in [0.1, 0.15) is 0 Å². The molecule has 1 aromatic heterocycles. The number of ether oxygens (including phenoxy) is 2. The van der Waals surface area contributed by atoms with E-state index in [1.807, 2.05) is 24.3 Å². The van der Waals surface area contributed by atoms with Crippen LogP contribution in [0.4, 0.5) is 5.69 Å². The Kier molecular flexibility index (Phi) is 5.54. The lowest BCUT2D eigenvalue weighted by atomic mass is 10.2. The first-order chi connectivity index (χ1) is 15.0. The van der Waals surface area contributed by atoms with Gasteiger partial charge in [-0.25, -0.2) is 4.79 Å². The number of rotatable bonds is 7. The Hall–Kier alpha value is -3.92. The zero-order valence-electron chi connectivity index (χ0n) is 17.0. The minimum Gasteiger partial charge on any atom is -0.497 e. The quantitative estimate of drug-likeness (QED) is 0.543. The van der Waals surface area contributed by atoms with Crippen LogP contribution in [0, 0.1) is 0 Å². The molecule has 160 valence electrons. The van der Waals surface area contributed by atoms with E-state index in [1.165, 1.54) is 16.8 Å². The SMILES string of the molecule is COC(=O)C1=C(Nc2ccc3nn(-c4ccc(OC)cc4)nc3c2)C(=O)N(CCO)C1. The predicted octanol–water partition coefficient (Wildman–Crippen LogP) is 1.10. The molecule has 0 unspecified atom stereocenters. The summed E-state index contributed by atoms with van der Waals surface area (Å²) in [6, 6.07) is 12.6. The molecule has 10 nitrogen and oxygen atoms in total. The minimum atomic E-state index is -0.595. The molecule has 2 N–H and O–H groups in total. The fraction of sp³-hybridized carbons (Fsp3) is 0.238. The molecule has 2 heterocycles. The Morgan fingerprint density at radius 1 is 1.13 bits per heavy atom. The fourth-order valence-corrected chi connectivity index (χ4v) is 3.32. The van der Waals surface area contributed by atoms with Gasteiger partial charge in [0.05, 0.1) is 38.6 Å². The van der Waals surface area contributed by atoms with Crippen LogP contribution in [0.5, 0.6) is 5.75 Å². The molecule has 0 bridgehead atoms. The number of hydrogen-bond acceptors (Lipinski definition) is 8. The first kappa shape index (κ1) is 20.4. The van der Waals surface area contributed by atoms with Gasteiger partial charge in [0.15, 0.2) is 0 Å². The van der Waals surface area contributed by atoms with Crippen LogP contribution in [0.2, 0.25) is 0 Å². The first-order valence-corrected chi connectivity index (χ1v) is 9.54. The number of fused-ring (bicyclic) bond motifs is 1. The number of nitrogens with one attached hydrogen (secondary N) is 1. The number of methoxy groups -OCH3 is 2. The average molecular weight is 423 g/mol. The summed E-state index contributed by atoms with van der Waals surface area (Å²) >= 11 is 0. The van der Waals surface area contributed by atoms with Crippen molar-refractivity contribution >= 4 is 28.6 Å². The van der Waals surface area contributed by atoms with Gasteiger partial charge in [-0.15, -0.1) is 10.2 Å². The van der Waals surface area contributed by atoms with Crippen LogP contribution in [-0.4, -0.2) is 70.8 Å². The molecule has 0 radical (unpaired) electrons. The number of hydrogen-bond donors (Lipinski definition) is 2. The van der Waals surface area contributed by atoms with Crippen LogP contribution >= 0.6 is 0 Å². The molecule has 0 atom stereocenters. The van der Waals surface area contributed by atoms with Gasteiger partial charge in [0.1, 0.15) is 22.5 Å². The van der Waals surface area contributed by atoms with Crippen molar-refractivity contribution in [2.75, 3.05) is 39.2 Å². The molecule has 1 aliphatic heterocycles. The molecule has 0 spiro atoms. The fourth-order valence-electron chi connectivity index (χ4n) is 3.32. The smallest absolute Gasteiger partial charge is 0.337 e. The summed E-state index contributed by atoms with van der Waals surface area (Å²) in [5.41, 5.74) is 2.96. The van der Waals surface area contributed by atoms with E-state index >= 15 is 0 Å². The van der Waals surface area contributed by atoms with E-state index in [0.29, 0.717) is 16.7 Å². The normalized spacial score (nSPS) is 13.8. The maximum atomic E-state index is 12.7. The zero-order chi connectivity index (χ0) is 22.0. The highest BCUT2D eigenvalue weighted by atomic mass is 16.5. The van der Waals surface area contributed by atoms with Gasteiger partial charge in [-0.05, 0) is 42.5 Å². The van der Waals surface area contributed by atoms with Gasteiger partial charge in [0.25, 0.3) is 5.91 Å². The molecular weight excluding hydrogens is 402 g/mol. The topological polar surface area (TPSA) is 119 Å². The summed E-state index contributed by atoms with van der Waals surface area (Å²) in [6.45, 7) is -0.00206. The van der Waals surface area contributed by atoms with Crippen molar-refractivity contribution in [3.05, 3.63) is 53.7 Å². The van der Waals surface area contributed by atoms with Gasteiger partial charge >= 0.3 is 5.97 Å². The van der Waals surface area contributed by atoms with E-state index in [4.69, 9.17) is 9.47 Å². The van der Waals surface area contributed by atoms with Gasteiger partial charge in [-0.3, -0.25) is 4.79 Å². The van der Waals surface area contributed by atoms with E-state index in [0.717, 1.165) is 11.4 Å². The number of amides is 1. The van der Waals surface area contributed by atoms with Crippen molar-refractivity contribution in [3.63, 3.8) is 0 Å². The van der Waals surface area contributed by atoms with Gasteiger partial charge in [0, 0.05) is 12.2 Å². The number of aliphatic hydroxyl groups is 1. The number of aliphatic hydroxyl groups excluding tert-OH is 1. The minimum absolute atomic E-state index is 0.0737. The summed E-state index contributed by atoms with van der Waals surface area (Å²) < 4.78 is 9.97. The standard InChI is InChI=1S/C21H21N5O5/c1-30-15-6-4-14(5-7-15)26-23-17-8-3-13(11-18(17)24-26)22-19-16(21(29)31-2)12-25(9-10-27)20(19)28/h3-8,11,22,27H,9-10,12H2,1-2H3. The molecule has 1 amide bonds. The third-order valence-corrected chi connectivity index (χ3v) is 4.91. The van der Waals surface area contributed by atoms with E-state index in [9.17, 15) is 14.7 Å². The molecule has 2 aromatic carbocycles. The van der Waals surface area contributed by atoms with E-state index in [-0.39, 0.29) is 36.9 Å². The van der Waals surface area contributed by atoms with Crippen molar-refractivity contribution in [3.8, 4) is 11.4 Å². The number of nitrogens with zero attached hydrogens (tertiary/aromatic N) is 4. The number of esters is 1. The summed E-state index contributed by atoms with van der Waals surface area (Å²) in [7, 11) is 2.86. The molecule has 3 aromatic rings. The van der Waals surface area contributed by atoms with Crippen molar-refractivity contribution in [1.82, 2.24) is 19.9 Å². The highest BCUT2D eigenvalue weighted by Crippen LogP contribution is 2.25. The van der Waals surface area contributed by atoms with E-state index < -0.39 is 5.97 Å². The summed E-state index contributed by atoms with van der Waals surface area (Å²) in [5, 5.41) is 21.1. The Balaban J connectivity index is 1.63. The van der Waals surface area contributed by atoms with E-state index in [1.54, 1.807) is 25.3 Å². The van der Waals surface area contributed by atoms with Gasteiger partial charge in [-0.1, -0.05) is 0 Å². The lowest BCUT2D eigenvalue weighted by molar-refractivity contribution is -0.136. The molecule has 0 saturated carbocycles. The highest BCUT2D eigenvalue weighted by molar-refractivity contribution is 6.08. The molecule has 0 aliphatic carbocycles. The molecule has 31 heavy (non-hydrogen) atoms. The highest BCUT2D eigenvalue weighted by Gasteiger charge is 2.34. The molecule has 1 aliphatic rings. The van der Waals surface area contributed by atoms with Gasteiger partial charge in [0.2, 0.25) is 0 Å². The maximum Gasteiger partial charge on any atom is 0.337 e. The number of benzene rings is 2. The van der Waals surface area contributed by atoms with Crippen molar-refractivity contribution in [2.24, 2.45) is 0 Å². The van der Waals surface area contributed by atoms with Crippen LogP contribution < -0.4 is 10.1 Å². The zero-order valence-corrected chi connectivity index (χ0v) is 17.0. The third-order valence-electron chi connectivity index (χ3n) is 4.91. The Morgan fingerprint density at radius 3 is 2.55 bits per heavy atom. The molecule has 0 fully saturated rings. The monoisotopic (exact) mass is 423 g/mol. The molecule has 4 rings (SSSR count). The summed E-state index contributed by atoms with van der Waals surface area (Å²) in [6.07, 6.45) is 0. The summed E-state index contributed by atoms with van der Waals surface area (Å²) in [4.78, 5) is 27.7. The van der Waals surface area contributed by atoms with Crippen LogP contribution in [0.25, 0.3) is 16.7 Å². The maximum absolute atomic E-state index is 12.7. The van der Waals surface area contributed by atoms with Crippen LogP contribution in [0.3, 0.4) is 0 Å². The predicted molar refractivity (Wildman–Crippen MR) is 112 cm³/mol. The Bertz CT molecular complexity index is 1170. The summed E-state index contributed by atoms with van der Waals surface area (Å²) in [5.74, 6) is -0.239.